The van der Waals surface area contributed by atoms with Gasteiger partial charge in [0.2, 0.25) is 0 Å². The lowest BCUT2D eigenvalue weighted by Crippen LogP contribution is -1.99. The zero-order chi connectivity index (χ0) is 21.8. The van der Waals surface area contributed by atoms with Gasteiger partial charge in [-0.25, -0.2) is 4.39 Å². The Morgan fingerprint density at radius 2 is 1.84 bits per heavy atom. The third kappa shape index (κ3) is 4.57. The first-order valence-electron chi connectivity index (χ1n) is 9.29. The van der Waals surface area contributed by atoms with Gasteiger partial charge in [-0.3, -0.25) is 5.10 Å². The van der Waals surface area contributed by atoms with Crippen LogP contribution in [0.4, 0.5) is 4.39 Å². The van der Waals surface area contributed by atoms with E-state index in [1.54, 1.807) is 43.5 Å². The van der Waals surface area contributed by atoms with Crippen molar-refractivity contribution in [1.29, 1.82) is 0 Å². The zero-order valence-corrected chi connectivity index (χ0v) is 17.2. The van der Waals surface area contributed by atoms with E-state index in [0.717, 1.165) is 0 Å². The summed E-state index contributed by atoms with van der Waals surface area (Å²) in [5.74, 6) is 1.48. The Labute approximate surface area is 182 Å². The maximum absolute atomic E-state index is 13.9. The lowest BCUT2D eigenvalue weighted by molar-refractivity contribution is 0.298. The summed E-state index contributed by atoms with van der Waals surface area (Å²) in [5.41, 5.74) is 1.20. The number of methoxy groups -OCH3 is 1. The van der Waals surface area contributed by atoms with Gasteiger partial charge in [0.1, 0.15) is 41.1 Å². The van der Waals surface area contributed by atoms with E-state index in [1.807, 2.05) is 6.07 Å². The first-order valence-corrected chi connectivity index (χ1v) is 9.67. The van der Waals surface area contributed by atoms with Crippen LogP contribution in [-0.4, -0.2) is 22.4 Å². The molecule has 1 aromatic heterocycles. The second-order valence-electron chi connectivity index (χ2n) is 6.56. The fourth-order valence-electron chi connectivity index (χ4n) is 2.98. The molecule has 31 heavy (non-hydrogen) atoms. The van der Waals surface area contributed by atoms with Crippen LogP contribution in [0.15, 0.2) is 66.9 Å². The normalized spacial score (nSPS) is 10.7. The molecule has 0 aliphatic carbocycles. The molecule has 0 aliphatic heterocycles. The van der Waals surface area contributed by atoms with Crippen molar-refractivity contribution in [3.8, 4) is 40.0 Å². The summed E-state index contributed by atoms with van der Waals surface area (Å²) in [6.45, 7) is -0.0709. The number of aromatic nitrogens is 2. The molecule has 158 valence electrons. The molecule has 3 aromatic carbocycles. The minimum atomic E-state index is -0.454. The van der Waals surface area contributed by atoms with Gasteiger partial charge in [0.25, 0.3) is 0 Å². The highest BCUT2D eigenvalue weighted by Gasteiger charge is 2.15. The number of phenolic OH excluding ortho intramolecular Hbond substituents is 1. The van der Waals surface area contributed by atoms with E-state index in [0.29, 0.717) is 34.3 Å². The van der Waals surface area contributed by atoms with Crippen LogP contribution in [-0.2, 0) is 6.61 Å². The monoisotopic (exact) mass is 440 g/mol. The molecular weight excluding hydrogens is 423 g/mol. The number of halogens is 2. The van der Waals surface area contributed by atoms with Crippen molar-refractivity contribution in [2.24, 2.45) is 0 Å². The number of benzene rings is 3. The van der Waals surface area contributed by atoms with Crippen molar-refractivity contribution in [2.75, 3.05) is 7.11 Å². The number of aromatic amines is 1. The second kappa shape index (κ2) is 8.97. The fraction of sp³-hybridized carbons (Fsp3) is 0.0870. The molecule has 0 bridgehead atoms. The number of ether oxygens (including phenoxy) is 3. The van der Waals surface area contributed by atoms with Gasteiger partial charge in [-0.05, 0) is 36.4 Å². The Morgan fingerprint density at radius 1 is 1.03 bits per heavy atom. The Bertz CT molecular complexity index is 1190. The molecule has 4 rings (SSSR count). The highest BCUT2D eigenvalue weighted by molar-refractivity contribution is 6.31. The molecule has 4 aromatic rings. The predicted molar refractivity (Wildman–Crippen MR) is 114 cm³/mol. The van der Waals surface area contributed by atoms with Gasteiger partial charge < -0.3 is 19.3 Å². The SMILES string of the molecule is COc1cccc(Oc2cn[nH]c2-c2ccc(OCc3c(F)cccc3Cl)cc2O)c1. The molecule has 0 aliphatic rings. The molecule has 1 heterocycles. The first kappa shape index (κ1) is 20.6. The molecule has 0 fully saturated rings. The average molecular weight is 441 g/mol. The van der Waals surface area contributed by atoms with E-state index in [-0.39, 0.29) is 22.9 Å². The van der Waals surface area contributed by atoms with Crippen LogP contribution in [0.2, 0.25) is 5.02 Å². The molecule has 0 amide bonds. The van der Waals surface area contributed by atoms with Gasteiger partial charge in [0.05, 0.1) is 18.3 Å². The standard InChI is InChI=1S/C23H18ClFN2O4/c1-29-14-4-2-5-16(10-14)31-22-12-26-27-23(22)17-9-8-15(11-21(17)28)30-13-18-19(24)6-3-7-20(18)25/h2-12,28H,13H2,1H3,(H,26,27). The van der Waals surface area contributed by atoms with Crippen LogP contribution < -0.4 is 14.2 Å². The number of hydrogen-bond donors (Lipinski definition) is 2. The van der Waals surface area contributed by atoms with Crippen LogP contribution in [0, 0.1) is 5.82 Å². The van der Waals surface area contributed by atoms with E-state index in [9.17, 15) is 9.50 Å². The van der Waals surface area contributed by atoms with Gasteiger partial charge in [0, 0.05) is 23.3 Å². The third-order valence-corrected chi connectivity index (χ3v) is 4.91. The lowest BCUT2D eigenvalue weighted by atomic mass is 10.1. The number of aromatic hydroxyl groups is 1. The van der Waals surface area contributed by atoms with Crippen LogP contribution >= 0.6 is 11.6 Å². The average Bonchev–Trinajstić information content (AvgIpc) is 3.21. The highest BCUT2D eigenvalue weighted by Crippen LogP contribution is 2.38. The van der Waals surface area contributed by atoms with E-state index in [4.69, 9.17) is 25.8 Å². The summed E-state index contributed by atoms with van der Waals surface area (Å²) in [4.78, 5) is 0. The Kier molecular flexibility index (Phi) is 5.95. The van der Waals surface area contributed by atoms with Crippen molar-refractivity contribution in [2.45, 2.75) is 6.61 Å². The van der Waals surface area contributed by atoms with E-state index >= 15 is 0 Å². The molecular formula is C23H18ClFN2O4. The zero-order valence-electron chi connectivity index (χ0n) is 16.4. The fourth-order valence-corrected chi connectivity index (χ4v) is 3.19. The topological polar surface area (TPSA) is 76.6 Å². The first-order chi connectivity index (χ1) is 15.0. The van der Waals surface area contributed by atoms with Crippen LogP contribution in [0.3, 0.4) is 0 Å². The molecule has 0 saturated carbocycles. The maximum atomic E-state index is 13.9. The summed E-state index contributed by atoms with van der Waals surface area (Å²) < 4.78 is 30.6. The van der Waals surface area contributed by atoms with Crippen LogP contribution in [0.25, 0.3) is 11.3 Å². The number of phenols is 1. The Balaban J connectivity index is 1.53. The van der Waals surface area contributed by atoms with Crippen molar-refractivity contribution in [3.63, 3.8) is 0 Å². The summed E-state index contributed by atoms with van der Waals surface area (Å²) in [5, 5.41) is 17.7. The molecule has 2 N–H and O–H groups in total. The molecule has 6 nitrogen and oxygen atoms in total. The van der Waals surface area contributed by atoms with Gasteiger partial charge in [-0.1, -0.05) is 23.7 Å². The molecule has 0 unspecified atom stereocenters. The van der Waals surface area contributed by atoms with E-state index in [1.165, 1.54) is 24.4 Å². The quantitative estimate of drug-likeness (QED) is 0.371. The van der Waals surface area contributed by atoms with E-state index in [2.05, 4.69) is 10.2 Å². The van der Waals surface area contributed by atoms with Gasteiger partial charge in [0.15, 0.2) is 5.75 Å². The molecule has 0 radical (unpaired) electrons. The third-order valence-electron chi connectivity index (χ3n) is 4.56. The van der Waals surface area contributed by atoms with Gasteiger partial charge >= 0.3 is 0 Å². The number of nitrogens with zero attached hydrogens (tertiary/aromatic N) is 1. The predicted octanol–water partition coefficient (Wildman–Crippen LogP) is 5.95. The van der Waals surface area contributed by atoms with Crippen molar-refractivity contribution in [3.05, 3.63) is 83.3 Å². The minimum Gasteiger partial charge on any atom is -0.507 e. The van der Waals surface area contributed by atoms with Crippen molar-refractivity contribution < 1.29 is 23.7 Å². The van der Waals surface area contributed by atoms with Crippen molar-refractivity contribution >= 4 is 11.6 Å². The number of rotatable bonds is 7. The molecule has 8 heteroatoms. The summed E-state index contributed by atoms with van der Waals surface area (Å²) in [6.07, 6.45) is 1.51. The second-order valence-corrected chi connectivity index (χ2v) is 6.97. The molecule has 0 spiro atoms. The molecule has 0 saturated heterocycles. The highest BCUT2D eigenvalue weighted by atomic mass is 35.5. The summed E-state index contributed by atoms with van der Waals surface area (Å²) in [7, 11) is 1.57. The minimum absolute atomic E-state index is 0.0585. The summed E-state index contributed by atoms with van der Waals surface area (Å²) >= 11 is 6.02. The largest absolute Gasteiger partial charge is 0.507 e. The van der Waals surface area contributed by atoms with Crippen molar-refractivity contribution in [1.82, 2.24) is 10.2 Å². The number of H-pyrrole nitrogens is 1. The molecule has 0 atom stereocenters. The van der Waals surface area contributed by atoms with E-state index < -0.39 is 5.82 Å². The van der Waals surface area contributed by atoms with Gasteiger partial charge in [-0.2, -0.15) is 5.10 Å². The maximum Gasteiger partial charge on any atom is 0.173 e. The number of nitrogens with one attached hydrogen (secondary N) is 1. The Morgan fingerprint density at radius 3 is 2.61 bits per heavy atom. The Hall–Kier alpha value is -3.71. The van der Waals surface area contributed by atoms with Gasteiger partial charge in [-0.15, -0.1) is 0 Å². The summed E-state index contributed by atoms with van der Waals surface area (Å²) in [6, 6.07) is 16.3. The smallest absolute Gasteiger partial charge is 0.173 e. The van der Waals surface area contributed by atoms with Crippen LogP contribution in [0.1, 0.15) is 5.56 Å². The van der Waals surface area contributed by atoms with Crippen LogP contribution in [0.5, 0.6) is 28.7 Å². The lowest BCUT2D eigenvalue weighted by Gasteiger charge is -2.11. The number of hydrogen-bond acceptors (Lipinski definition) is 5.